The lowest BCUT2D eigenvalue weighted by atomic mass is 9.73. The predicted octanol–water partition coefficient (Wildman–Crippen LogP) is 5.89. The van der Waals surface area contributed by atoms with Crippen molar-refractivity contribution in [3.8, 4) is 0 Å². The molecule has 2 unspecified atom stereocenters. The van der Waals surface area contributed by atoms with Crippen molar-refractivity contribution in [3.63, 3.8) is 0 Å². The van der Waals surface area contributed by atoms with Crippen molar-refractivity contribution in [1.82, 2.24) is 9.80 Å². The van der Waals surface area contributed by atoms with Gasteiger partial charge in [-0.3, -0.25) is 9.59 Å². The second kappa shape index (κ2) is 11.9. The number of hydrogen-bond acceptors (Lipinski definition) is 5. The maximum Gasteiger partial charge on any atom is 0.263 e. The summed E-state index contributed by atoms with van der Waals surface area (Å²) in [6.07, 6.45) is 14.9. The number of aliphatic hydroxyl groups excluding tert-OH is 1. The van der Waals surface area contributed by atoms with E-state index in [9.17, 15) is 14.7 Å². The maximum absolute atomic E-state index is 14.3. The summed E-state index contributed by atoms with van der Waals surface area (Å²) in [5, 5.41) is 10.4. The van der Waals surface area contributed by atoms with Crippen molar-refractivity contribution < 1.29 is 24.2 Å². The van der Waals surface area contributed by atoms with Crippen LogP contribution in [0.15, 0.2) is 11.3 Å². The molecule has 0 bridgehead atoms. The highest BCUT2D eigenvalue weighted by Crippen LogP contribution is 2.61. The van der Waals surface area contributed by atoms with Gasteiger partial charge in [0, 0.05) is 32.3 Å². The third-order valence-electron chi connectivity index (χ3n) is 13.2. The smallest absolute Gasteiger partial charge is 0.263 e. The Morgan fingerprint density at radius 2 is 1.74 bits per heavy atom. The third kappa shape index (κ3) is 4.95. The van der Waals surface area contributed by atoms with Crippen molar-refractivity contribution in [1.29, 1.82) is 0 Å². The fourth-order valence-electron chi connectivity index (χ4n) is 10.8. The normalized spacial score (nSPS) is 41.0. The molecule has 4 fully saturated rings. The van der Waals surface area contributed by atoms with Gasteiger partial charge in [-0.15, -0.1) is 0 Å². The fourth-order valence-corrected chi connectivity index (χ4v) is 15.9. The van der Waals surface area contributed by atoms with Gasteiger partial charge in [0.05, 0.1) is 39.4 Å². The van der Waals surface area contributed by atoms with Crippen LogP contribution in [-0.2, 0) is 19.1 Å². The number of hydrogen-bond donors (Lipinski definition) is 1. The van der Waals surface area contributed by atoms with Crippen molar-refractivity contribution in [2.45, 2.75) is 145 Å². The number of likely N-dealkylation sites (tertiary alicyclic amines) is 1. The predicted molar refractivity (Wildman–Crippen MR) is 167 cm³/mol. The number of nitrogens with zero attached hydrogens (tertiary/aromatic N) is 2. The van der Waals surface area contributed by atoms with E-state index in [0.29, 0.717) is 29.9 Å². The second-order valence-corrected chi connectivity index (χ2v) is 20.5. The van der Waals surface area contributed by atoms with Gasteiger partial charge in [0.1, 0.15) is 0 Å². The molecule has 2 amide bonds. The third-order valence-corrected chi connectivity index (χ3v) is 18.4. The fraction of sp³-hybridized carbons (Fsp3) is 0.882. The van der Waals surface area contributed by atoms with Gasteiger partial charge in [0.2, 0.25) is 5.91 Å². The number of allylic oxidation sites excluding steroid dienone is 1. The zero-order valence-corrected chi connectivity index (χ0v) is 27.9. The van der Waals surface area contributed by atoms with Crippen molar-refractivity contribution >= 4 is 19.9 Å². The number of aliphatic hydroxyl groups is 1. The summed E-state index contributed by atoms with van der Waals surface area (Å²) in [6.45, 7) is 8.13. The van der Waals surface area contributed by atoms with E-state index in [1.54, 1.807) is 0 Å². The number of likely N-dealkylation sites (N-methyl/N-ethyl adjacent to an activating group) is 1. The van der Waals surface area contributed by atoms with Crippen molar-refractivity contribution in [2.75, 3.05) is 27.3 Å². The minimum Gasteiger partial charge on any atom is -0.394 e. The standard InChI is InChI=1S/C34H56N2O5Si/c1-22-32(42(4,5)27-16-14-26(40-3)15-17-27)30(41-34(22)28-12-8-9-13-29(28)35(2)33(34)39)19-31(38)36-20-24-11-7-6-10-23(24)18-25(36)21-37/h22-27,30,32,37H,6-21H2,1-5H3/t22-,23?,24?,25+,26?,27?,30+,32-,34+/m1/s1. The number of methoxy groups -OCH3 is 1. The molecule has 0 aromatic heterocycles. The van der Waals surface area contributed by atoms with Gasteiger partial charge in [0.15, 0.2) is 5.60 Å². The summed E-state index contributed by atoms with van der Waals surface area (Å²) in [6, 6.07) is -0.0930. The number of rotatable bonds is 6. The molecule has 1 N–H and O–H groups in total. The first-order valence-corrected chi connectivity index (χ1v) is 20.4. The molecular formula is C34H56N2O5Si. The van der Waals surface area contributed by atoms with Crippen LogP contribution >= 0.6 is 0 Å². The minimum atomic E-state index is -2.00. The van der Waals surface area contributed by atoms with Crippen LogP contribution in [0.25, 0.3) is 0 Å². The molecule has 7 nitrogen and oxygen atoms in total. The maximum atomic E-state index is 14.3. The molecule has 236 valence electrons. The van der Waals surface area contributed by atoms with Crippen molar-refractivity contribution in [2.24, 2.45) is 17.8 Å². The van der Waals surface area contributed by atoms with Gasteiger partial charge >= 0.3 is 0 Å². The number of ether oxygens (including phenoxy) is 2. The lowest BCUT2D eigenvalue weighted by Crippen LogP contribution is -2.53. The van der Waals surface area contributed by atoms with E-state index in [1.165, 1.54) is 37.0 Å². The van der Waals surface area contributed by atoms with Crippen LogP contribution in [0.4, 0.5) is 0 Å². The van der Waals surface area contributed by atoms with Gasteiger partial charge < -0.3 is 24.4 Å². The van der Waals surface area contributed by atoms with Crippen LogP contribution < -0.4 is 0 Å². The lowest BCUT2D eigenvalue weighted by Gasteiger charge is -2.47. The van der Waals surface area contributed by atoms with Crippen LogP contribution in [0.2, 0.25) is 24.2 Å². The van der Waals surface area contributed by atoms with E-state index in [2.05, 4.69) is 20.0 Å². The van der Waals surface area contributed by atoms with E-state index in [4.69, 9.17) is 9.47 Å². The average molecular weight is 601 g/mol. The van der Waals surface area contributed by atoms with Gasteiger partial charge in [-0.2, -0.15) is 0 Å². The van der Waals surface area contributed by atoms with Crippen LogP contribution in [-0.4, -0.2) is 86.0 Å². The Kier molecular flexibility index (Phi) is 8.75. The Labute approximate surface area is 254 Å². The van der Waals surface area contributed by atoms with E-state index in [0.717, 1.165) is 64.3 Å². The molecule has 2 saturated carbocycles. The largest absolute Gasteiger partial charge is 0.394 e. The Morgan fingerprint density at radius 1 is 1.05 bits per heavy atom. The Morgan fingerprint density at radius 3 is 2.43 bits per heavy atom. The summed E-state index contributed by atoms with van der Waals surface area (Å²) in [4.78, 5) is 32.5. The Hall–Kier alpha value is -1.22. The summed E-state index contributed by atoms with van der Waals surface area (Å²) < 4.78 is 12.9. The monoisotopic (exact) mass is 600 g/mol. The molecule has 8 heteroatoms. The molecule has 0 aromatic rings. The molecule has 2 saturated heterocycles. The van der Waals surface area contributed by atoms with E-state index >= 15 is 0 Å². The van der Waals surface area contributed by atoms with Gasteiger partial charge in [-0.25, -0.2) is 0 Å². The molecule has 42 heavy (non-hydrogen) atoms. The van der Waals surface area contributed by atoms with Crippen molar-refractivity contribution in [3.05, 3.63) is 11.3 Å². The van der Waals surface area contributed by atoms with Crippen LogP contribution in [0.1, 0.15) is 96.8 Å². The van der Waals surface area contributed by atoms with Gasteiger partial charge in [-0.05, 0) is 79.9 Å². The molecule has 6 rings (SSSR count). The summed E-state index contributed by atoms with van der Waals surface area (Å²) in [5.74, 6) is 1.47. The zero-order chi connectivity index (χ0) is 29.8. The molecule has 6 aliphatic rings. The quantitative estimate of drug-likeness (QED) is 0.385. The molecular weight excluding hydrogens is 544 g/mol. The molecule has 0 radical (unpaired) electrons. The van der Waals surface area contributed by atoms with Gasteiger partial charge in [0.25, 0.3) is 5.91 Å². The number of carbonyl (C=O) groups excluding carboxylic acids is 2. The molecule has 0 aromatic carbocycles. The molecule has 1 spiro atoms. The molecule has 7 atom stereocenters. The highest BCUT2D eigenvalue weighted by molar-refractivity contribution is 6.80. The first-order valence-electron chi connectivity index (χ1n) is 17.2. The number of fused-ring (bicyclic) bond motifs is 2. The van der Waals surface area contributed by atoms with E-state index in [-0.39, 0.29) is 42.0 Å². The second-order valence-electron chi connectivity index (χ2n) is 15.4. The molecule has 3 aliphatic heterocycles. The first-order chi connectivity index (χ1) is 20.1. The lowest BCUT2D eigenvalue weighted by molar-refractivity contribution is -0.152. The highest BCUT2D eigenvalue weighted by Gasteiger charge is 2.67. The summed E-state index contributed by atoms with van der Waals surface area (Å²) >= 11 is 0. The topological polar surface area (TPSA) is 79.3 Å². The number of piperidine rings is 1. The minimum absolute atomic E-state index is 0.0345. The summed E-state index contributed by atoms with van der Waals surface area (Å²) in [5.41, 5.74) is 2.34. The van der Waals surface area contributed by atoms with Crippen LogP contribution in [0.3, 0.4) is 0 Å². The zero-order valence-electron chi connectivity index (χ0n) is 26.9. The Balaban J connectivity index is 1.31. The van der Waals surface area contributed by atoms with Gasteiger partial charge in [-0.1, -0.05) is 52.1 Å². The summed E-state index contributed by atoms with van der Waals surface area (Å²) in [7, 11) is 1.77. The average Bonchev–Trinajstić information content (AvgIpc) is 3.42. The van der Waals surface area contributed by atoms with E-state index < -0.39 is 13.7 Å². The SMILES string of the molecule is COC1CCC([Si](C)(C)[C@H]2[C@H](CC(=O)N3CC4CCCCC4C[C@H]3CO)O[C@@]3(C(=O)N(C)C4=C3CCCC4)[C@@H]2C)CC1. The highest BCUT2D eigenvalue weighted by atomic mass is 28.3. The Bertz CT molecular complexity index is 1070. The first kappa shape index (κ1) is 30.8. The number of amides is 2. The molecule has 3 heterocycles. The van der Waals surface area contributed by atoms with Crippen LogP contribution in [0, 0.1) is 17.8 Å². The number of carbonyl (C=O) groups is 2. The van der Waals surface area contributed by atoms with E-state index in [1.807, 2.05) is 24.0 Å². The molecule has 3 aliphatic carbocycles. The van der Waals surface area contributed by atoms with Crippen LogP contribution in [0.5, 0.6) is 0 Å².